The van der Waals surface area contributed by atoms with Crippen molar-refractivity contribution >= 4 is 28.9 Å². The molecule has 0 amide bonds. The summed E-state index contributed by atoms with van der Waals surface area (Å²) in [6, 6.07) is 0. The van der Waals surface area contributed by atoms with E-state index in [4.69, 9.17) is 28.6 Å². The summed E-state index contributed by atoms with van der Waals surface area (Å²) < 4.78 is 4.96. The molecule has 2 nitrogen and oxygen atoms in total. The zero-order valence-corrected chi connectivity index (χ0v) is 10.7. The molecule has 0 fully saturated rings. The minimum Gasteiger partial charge on any atom is -0.507 e. The Morgan fingerprint density at radius 2 is 1.73 bits per heavy atom. The number of rotatable bonds is 1. The second-order valence-electron chi connectivity index (χ2n) is 3.40. The Morgan fingerprint density at radius 3 is 2.20 bits per heavy atom. The molecule has 0 heterocycles. The molecule has 1 aromatic rings. The molecule has 0 saturated heterocycles. The standard InChI is InChI=1S/C11H13ClO2S/c1-5-6(2)10(13)8(11(15)14-4)7(3)9(5)12/h13H,1-4H3. The van der Waals surface area contributed by atoms with E-state index in [9.17, 15) is 5.11 Å². The van der Waals surface area contributed by atoms with Gasteiger partial charge >= 0.3 is 0 Å². The lowest BCUT2D eigenvalue weighted by Gasteiger charge is -2.15. The van der Waals surface area contributed by atoms with E-state index in [1.807, 2.05) is 13.8 Å². The smallest absolute Gasteiger partial charge is 0.194 e. The minimum atomic E-state index is 0.154. The molecule has 0 atom stereocenters. The van der Waals surface area contributed by atoms with Crippen molar-refractivity contribution < 1.29 is 9.84 Å². The molecule has 0 bridgehead atoms. The summed E-state index contributed by atoms with van der Waals surface area (Å²) in [6.07, 6.45) is 0. The van der Waals surface area contributed by atoms with Crippen LogP contribution < -0.4 is 0 Å². The van der Waals surface area contributed by atoms with Gasteiger partial charge in [-0.3, -0.25) is 0 Å². The Balaban J connectivity index is 3.60. The first kappa shape index (κ1) is 12.3. The first-order chi connectivity index (χ1) is 6.91. The molecule has 0 aromatic heterocycles. The van der Waals surface area contributed by atoms with Crippen molar-refractivity contribution in [2.24, 2.45) is 0 Å². The summed E-state index contributed by atoms with van der Waals surface area (Å²) >= 11 is 11.2. The molecule has 1 rings (SSSR count). The largest absolute Gasteiger partial charge is 0.507 e. The third-order valence-electron chi connectivity index (χ3n) is 2.58. The van der Waals surface area contributed by atoms with Gasteiger partial charge in [0.05, 0.1) is 12.7 Å². The monoisotopic (exact) mass is 244 g/mol. The summed E-state index contributed by atoms with van der Waals surface area (Å²) in [6.45, 7) is 5.48. The van der Waals surface area contributed by atoms with E-state index in [0.717, 1.165) is 16.7 Å². The lowest BCUT2D eigenvalue weighted by Crippen LogP contribution is -2.05. The van der Waals surface area contributed by atoms with Crippen LogP contribution in [0, 0.1) is 20.8 Å². The first-order valence-electron chi connectivity index (χ1n) is 4.48. The molecule has 0 saturated carbocycles. The lowest BCUT2D eigenvalue weighted by atomic mass is 9.99. The number of benzene rings is 1. The van der Waals surface area contributed by atoms with Gasteiger partial charge in [-0.1, -0.05) is 11.6 Å². The third-order valence-corrected chi connectivity index (χ3v) is 3.52. The maximum absolute atomic E-state index is 9.96. The van der Waals surface area contributed by atoms with Gasteiger partial charge in [-0.2, -0.15) is 0 Å². The van der Waals surface area contributed by atoms with Gasteiger partial charge in [-0.15, -0.1) is 0 Å². The van der Waals surface area contributed by atoms with E-state index in [2.05, 4.69) is 0 Å². The van der Waals surface area contributed by atoms with Crippen molar-refractivity contribution in [3.05, 3.63) is 27.3 Å². The van der Waals surface area contributed by atoms with Crippen molar-refractivity contribution in [2.45, 2.75) is 20.8 Å². The zero-order chi connectivity index (χ0) is 11.7. The van der Waals surface area contributed by atoms with Crippen LogP contribution >= 0.6 is 23.8 Å². The molecule has 0 radical (unpaired) electrons. The minimum absolute atomic E-state index is 0.154. The Kier molecular flexibility index (Phi) is 3.58. The van der Waals surface area contributed by atoms with Crippen LogP contribution in [-0.2, 0) is 4.74 Å². The number of methoxy groups -OCH3 is 1. The fourth-order valence-corrected chi connectivity index (χ4v) is 1.94. The van der Waals surface area contributed by atoms with Crippen LogP contribution in [0.3, 0.4) is 0 Å². The highest BCUT2D eigenvalue weighted by Gasteiger charge is 2.18. The van der Waals surface area contributed by atoms with E-state index < -0.39 is 0 Å². The Bertz CT molecular complexity index is 398. The second-order valence-corrected chi connectivity index (χ2v) is 4.15. The number of hydrogen-bond acceptors (Lipinski definition) is 3. The van der Waals surface area contributed by atoms with Crippen molar-refractivity contribution in [3.63, 3.8) is 0 Å². The van der Waals surface area contributed by atoms with Crippen molar-refractivity contribution in [2.75, 3.05) is 7.11 Å². The van der Waals surface area contributed by atoms with Crippen LogP contribution in [0.5, 0.6) is 5.75 Å². The lowest BCUT2D eigenvalue weighted by molar-refractivity contribution is 0.409. The summed E-state index contributed by atoms with van der Waals surface area (Å²) in [7, 11) is 1.48. The van der Waals surface area contributed by atoms with Crippen LogP contribution in [-0.4, -0.2) is 17.3 Å². The van der Waals surface area contributed by atoms with Crippen LogP contribution in [0.4, 0.5) is 0 Å². The van der Waals surface area contributed by atoms with E-state index >= 15 is 0 Å². The average Bonchev–Trinajstić information content (AvgIpc) is 2.23. The van der Waals surface area contributed by atoms with Gasteiger partial charge in [0, 0.05) is 5.02 Å². The second kappa shape index (κ2) is 4.37. The normalized spacial score (nSPS) is 10.2. The van der Waals surface area contributed by atoms with Crippen LogP contribution in [0.15, 0.2) is 0 Å². The molecule has 0 aliphatic heterocycles. The topological polar surface area (TPSA) is 29.5 Å². The summed E-state index contributed by atoms with van der Waals surface area (Å²) in [5.74, 6) is 0.154. The molecular weight excluding hydrogens is 232 g/mol. The van der Waals surface area contributed by atoms with Crippen LogP contribution in [0.25, 0.3) is 0 Å². The number of phenols is 1. The third kappa shape index (κ3) is 1.94. The molecule has 0 aliphatic carbocycles. The van der Waals surface area contributed by atoms with Crippen LogP contribution in [0.1, 0.15) is 22.3 Å². The molecule has 0 aliphatic rings. The van der Waals surface area contributed by atoms with Gasteiger partial charge in [0.2, 0.25) is 0 Å². The van der Waals surface area contributed by atoms with Gasteiger partial charge in [0.15, 0.2) is 5.05 Å². The molecule has 0 unspecified atom stereocenters. The summed E-state index contributed by atoms with van der Waals surface area (Å²) in [4.78, 5) is 0. The number of aromatic hydroxyl groups is 1. The quantitative estimate of drug-likeness (QED) is 0.769. The van der Waals surface area contributed by atoms with Crippen molar-refractivity contribution in [1.29, 1.82) is 0 Å². The summed E-state index contributed by atoms with van der Waals surface area (Å²) in [5.41, 5.74) is 2.87. The highest BCUT2D eigenvalue weighted by atomic mass is 35.5. The molecular formula is C11H13ClO2S. The van der Waals surface area contributed by atoms with E-state index in [1.165, 1.54) is 7.11 Å². The van der Waals surface area contributed by atoms with Crippen LogP contribution in [0.2, 0.25) is 5.02 Å². The Hall–Kier alpha value is -0.800. The Morgan fingerprint density at radius 1 is 1.20 bits per heavy atom. The van der Waals surface area contributed by atoms with E-state index in [0.29, 0.717) is 10.6 Å². The number of ether oxygens (including phenoxy) is 1. The molecule has 0 spiro atoms. The number of thiocarbonyl (C=S) groups is 1. The van der Waals surface area contributed by atoms with Crippen molar-refractivity contribution in [3.8, 4) is 5.75 Å². The van der Waals surface area contributed by atoms with Gasteiger partial charge in [0.1, 0.15) is 5.75 Å². The molecule has 1 N–H and O–H groups in total. The van der Waals surface area contributed by atoms with Crippen molar-refractivity contribution in [1.82, 2.24) is 0 Å². The van der Waals surface area contributed by atoms with Gasteiger partial charge in [0.25, 0.3) is 0 Å². The molecule has 1 aromatic carbocycles. The number of halogens is 1. The number of phenolic OH excluding ortho intramolecular Hbond substituents is 1. The summed E-state index contributed by atoms with van der Waals surface area (Å²) in [5, 5.41) is 10.8. The fourth-order valence-electron chi connectivity index (χ4n) is 1.45. The maximum atomic E-state index is 9.96. The first-order valence-corrected chi connectivity index (χ1v) is 5.27. The molecule has 82 valence electrons. The number of hydrogen-bond donors (Lipinski definition) is 1. The Labute approximate surface area is 99.8 Å². The van der Waals surface area contributed by atoms with Gasteiger partial charge < -0.3 is 9.84 Å². The molecule has 15 heavy (non-hydrogen) atoms. The van der Waals surface area contributed by atoms with Gasteiger partial charge in [-0.25, -0.2) is 0 Å². The predicted octanol–water partition coefficient (Wildman–Crippen LogP) is 3.29. The van der Waals surface area contributed by atoms with Gasteiger partial charge in [-0.05, 0) is 49.7 Å². The van der Waals surface area contributed by atoms with E-state index in [1.54, 1.807) is 6.92 Å². The SMILES string of the molecule is COC(=S)c1c(C)c(Cl)c(C)c(C)c1O. The highest BCUT2D eigenvalue weighted by molar-refractivity contribution is 7.80. The predicted molar refractivity (Wildman–Crippen MR) is 66.0 cm³/mol. The zero-order valence-electron chi connectivity index (χ0n) is 9.14. The van der Waals surface area contributed by atoms with E-state index in [-0.39, 0.29) is 10.8 Å². The maximum Gasteiger partial charge on any atom is 0.194 e. The average molecular weight is 245 g/mol. The highest BCUT2D eigenvalue weighted by Crippen LogP contribution is 2.35. The fraction of sp³-hybridized carbons (Fsp3) is 0.364. The molecule has 4 heteroatoms.